The average Bonchev–Trinajstić information content (AvgIpc) is 2.58. The Labute approximate surface area is 178 Å². The Morgan fingerprint density at radius 3 is 2.08 bits per heavy atom. The summed E-state index contributed by atoms with van der Waals surface area (Å²) in [5.74, 6) is 0.346. The Morgan fingerprint density at radius 1 is 1.04 bits per heavy atom. The maximum atomic E-state index is 12.0. The van der Waals surface area contributed by atoms with Gasteiger partial charge in [-0.15, -0.1) is 0 Å². The van der Waals surface area contributed by atoms with E-state index in [4.69, 9.17) is 4.52 Å². The smallest absolute Gasteiger partial charge is 0.756 e. The maximum Gasteiger partial charge on any atom is 1.00 e. The average molecular weight is 420 g/mol. The van der Waals surface area contributed by atoms with Crippen molar-refractivity contribution in [3.05, 3.63) is 0 Å². The van der Waals surface area contributed by atoms with Crippen LogP contribution in [0.1, 0.15) is 65.2 Å². The largest absolute Gasteiger partial charge is 1.00 e. The first-order chi connectivity index (χ1) is 11.8. The molecule has 0 aromatic carbocycles. The van der Waals surface area contributed by atoms with Crippen LogP contribution in [-0.4, -0.2) is 35.0 Å². The second-order valence-electron chi connectivity index (χ2n) is 5.63. The molecule has 1 unspecified atom stereocenters. The van der Waals surface area contributed by atoms with Crippen LogP contribution in [0.2, 0.25) is 0 Å². The van der Waals surface area contributed by atoms with Gasteiger partial charge in [-0.2, -0.15) is 0 Å². The van der Waals surface area contributed by atoms with E-state index in [1.54, 1.807) is 0 Å². The minimum Gasteiger partial charge on any atom is -0.756 e. The van der Waals surface area contributed by atoms with E-state index in [0.29, 0.717) is 18.6 Å². The number of phosphoric acid groups is 1. The van der Waals surface area contributed by atoms with E-state index in [0.717, 1.165) is 69.2 Å². The Morgan fingerprint density at radius 2 is 1.58 bits per heavy atom. The maximum absolute atomic E-state index is 12.0. The van der Waals surface area contributed by atoms with Crippen LogP contribution >= 0.6 is 31.3 Å². The van der Waals surface area contributed by atoms with Crippen molar-refractivity contribution in [1.82, 2.24) is 0 Å². The van der Waals surface area contributed by atoms with Gasteiger partial charge in [-0.05, 0) is 12.8 Å². The third kappa shape index (κ3) is 16.9. The minimum absolute atomic E-state index is 0. The van der Waals surface area contributed by atoms with Crippen LogP contribution in [0, 0.1) is 0 Å². The molecule has 0 spiro atoms. The molecule has 0 heterocycles. The quantitative estimate of drug-likeness (QED) is 0.221. The molecule has 0 amide bonds. The summed E-state index contributed by atoms with van der Waals surface area (Å²) in [4.78, 5) is 35.2. The molecule has 0 saturated heterocycles. The summed E-state index contributed by atoms with van der Waals surface area (Å²) in [5.41, 5.74) is 0. The van der Waals surface area contributed by atoms with Gasteiger partial charge >= 0.3 is 18.9 Å². The van der Waals surface area contributed by atoms with Gasteiger partial charge in [0.1, 0.15) is 0 Å². The molecule has 26 heavy (non-hydrogen) atoms. The molecule has 2 atom stereocenters. The van der Waals surface area contributed by atoms with Crippen molar-refractivity contribution in [3.8, 4) is 0 Å². The van der Waals surface area contributed by atoms with Crippen LogP contribution in [0.3, 0.4) is 0 Å². The Kier molecular flexibility index (Phi) is 19.8. The minimum atomic E-state index is -4.33. The van der Waals surface area contributed by atoms with Gasteiger partial charge in [-0.1, -0.05) is 63.1 Å². The zero-order valence-corrected chi connectivity index (χ0v) is 18.9. The molecule has 0 bridgehead atoms. The zero-order chi connectivity index (χ0) is 19.1. The van der Waals surface area contributed by atoms with Crippen LogP contribution in [0.4, 0.5) is 0 Å². The predicted molar refractivity (Wildman–Crippen MR) is 103 cm³/mol. The van der Waals surface area contributed by atoms with E-state index in [2.05, 4.69) is 18.4 Å². The van der Waals surface area contributed by atoms with Crippen molar-refractivity contribution in [2.45, 2.75) is 70.5 Å². The van der Waals surface area contributed by atoms with Crippen molar-refractivity contribution >= 4 is 41.6 Å². The van der Waals surface area contributed by atoms with E-state index < -0.39 is 13.1 Å². The number of hydrogen-bond donors (Lipinski definition) is 0. The van der Waals surface area contributed by atoms with Crippen LogP contribution in [0.15, 0.2) is 0 Å². The third-order valence-electron chi connectivity index (χ3n) is 3.34. The number of thioether (sulfide) groups is 2. The molecule has 0 rings (SSSR count). The topological polar surface area (TPSA) is 92.7 Å². The van der Waals surface area contributed by atoms with Crippen LogP contribution in [0.5, 0.6) is 0 Å². The molecule has 0 N–H and O–H groups in total. The van der Waals surface area contributed by atoms with Crippen molar-refractivity contribution in [1.29, 1.82) is 0 Å². The number of carbonyl (C=O) groups is 2. The van der Waals surface area contributed by atoms with Crippen LogP contribution < -0.4 is 23.8 Å². The molecular formula is C16H30LiO6PS2. The monoisotopic (exact) mass is 420 g/mol. The number of phosphoric ester groups is 1. The normalized spacial score (nSPS) is 14.3. The van der Waals surface area contributed by atoms with Gasteiger partial charge in [0.05, 0.1) is 6.61 Å². The van der Waals surface area contributed by atoms with Gasteiger partial charge in [0.25, 0.3) is 7.82 Å². The fourth-order valence-electron chi connectivity index (χ4n) is 1.88. The number of hydrogen-bond acceptors (Lipinski definition) is 8. The second kappa shape index (κ2) is 17.8. The predicted octanol–water partition coefficient (Wildman–Crippen LogP) is 1.17. The molecule has 0 aliphatic heterocycles. The first kappa shape index (κ1) is 29.0. The SMILES string of the molecule is CCCCCC(=O)SC[C@H](COP(=O)([O-])OC)SC(=O)CCCCC.[Li+]. The van der Waals surface area contributed by atoms with Gasteiger partial charge in [-0.25, -0.2) is 0 Å². The van der Waals surface area contributed by atoms with Crippen LogP contribution in [-0.2, 0) is 23.2 Å². The Bertz CT molecular complexity index is 439. The van der Waals surface area contributed by atoms with Crippen molar-refractivity contribution in [3.63, 3.8) is 0 Å². The molecule has 148 valence electrons. The molecule has 0 aliphatic rings. The number of rotatable bonds is 15. The summed E-state index contributed by atoms with van der Waals surface area (Å²) in [7, 11) is -3.31. The Hall–Kier alpha value is 0.747. The summed E-state index contributed by atoms with van der Waals surface area (Å²) in [6.07, 6.45) is 6.69. The third-order valence-corrected chi connectivity index (χ3v) is 6.66. The van der Waals surface area contributed by atoms with Crippen molar-refractivity contribution < 1.29 is 47.0 Å². The van der Waals surface area contributed by atoms with Gasteiger partial charge in [0.15, 0.2) is 10.2 Å². The number of carbonyl (C=O) groups excluding carboxylic acids is 2. The molecule has 0 aromatic rings. The Balaban J connectivity index is 0. The summed E-state index contributed by atoms with van der Waals surface area (Å²) in [6, 6.07) is 0. The van der Waals surface area contributed by atoms with Gasteiger partial charge in [0.2, 0.25) is 0 Å². The summed E-state index contributed by atoms with van der Waals surface area (Å²) in [6.45, 7) is 3.96. The molecule has 0 fully saturated rings. The first-order valence-corrected chi connectivity index (χ1v) is 12.0. The fourth-order valence-corrected chi connectivity index (χ4v) is 4.46. The summed E-state index contributed by atoms with van der Waals surface area (Å²) >= 11 is 2.20. The molecular weight excluding hydrogens is 390 g/mol. The van der Waals surface area contributed by atoms with E-state index in [1.165, 1.54) is 0 Å². The standard InChI is InChI=1S/C16H31O6PS2.Li/c1-4-6-8-10-15(17)24-13-14(12-22-23(19,20)21-3)25-16(18)11-9-7-5-2;/h14H,4-13H2,1-3H3,(H,19,20);/q;+1/p-1/t14-;/m0./s1. The fraction of sp³-hybridized carbons (Fsp3) is 0.875. The van der Waals surface area contributed by atoms with E-state index in [1.807, 2.05) is 0 Å². The van der Waals surface area contributed by atoms with Gasteiger partial charge < -0.3 is 13.9 Å². The second-order valence-corrected chi connectivity index (χ2v) is 9.59. The molecule has 0 radical (unpaired) electrons. The first-order valence-electron chi connectivity index (χ1n) is 8.71. The van der Waals surface area contributed by atoms with E-state index >= 15 is 0 Å². The summed E-state index contributed by atoms with van der Waals surface area (Å²) < 4.78 is 20.4. The number of unbranched alkanes of at least 4 members (excludes halogenated alkanes) is 4. The zero-order valence-electron chi connectivity index (χ0n) is 16.4. The molecule has 10 heteroatoms. The van der Waals surface area contributed by atoms with Gasteiger partial charge in [-0.3, -0.25) is 14.2 Å². The van der Waals surface area contributed by atoms with Crippen molar-refractivity contribution in [2.75, 3.05) is 19.5 Å². The van der Waals surface area contributed by atoms with Crippen molar-refractivity contribution in [2.24, 2.45) is 0 Å². The molecule has 0 aliphatic carbocycles. The molecule has 6 nitrogen and oxygen atoms in total. The molecule has 0 aromatic heterocycles. The molecule has 0 saturated carbocycles. The van der Waals surface area contributed by atoms with Gasteiger partial charge in [0, 0.05) is 31.0 Å². The summed E-state index contributed by atoms with van der Waals surface area (Å²) in [5, 5.41) is -0.333. The van der Waals surface area contributed by atoms with E-state index in [-0.39, 0.29) is 35.7 Å². The van der Waals surface area contributed by atoms with Crippen LogP contribution in [0.25, 0.3) is 0 Å². The van der Waals surface area contributed by atoms with E-state index in [9.17, 15) is 19.0 Å².